The van der Waals surface area contributed by atoms with Gasteiger partial charge in [-0.1, -0.05) is 37.7 Å². The van der Waals surface area contributed by atoms with Gasteiger partial charge in [-0.25, -0.2) is 0 Å². The van der Waals surface area contributed by atoms with Crippen LogP contribution >= 0.6 is 11.8 Å². The third kappa shape index (κ3) is 2.05. The maximum atomic E-state index is 3.16. The Morgan fingerprint density at radius 1 is 1.17 bits per heavy atom. The Kier molecular flexibility index (Phi) is 3.74. The number of hydrogen-bond acceptors (Lipinski definition) is 2. The minimum absolute atomic E-state index is 1.20. The van der Waals surface area contributed by atoms with Crippen LogP contribution in [0.25, 0.3) is 0 Å². The Bertz CT molecular complexity index is 241. The lowest BCUT2D eigenvalue weighted by atomic mass is 10.3. The molecule has 0 spiro atoms. The van der Waals surface area contributed by atoms with Gasteiger partial charge in [0.1, 0.15) is 0 Å². The van der Waals surface area contributed by atoms with Crippen LogP contribution in [0.4, 0.5) is 5.69 Å². The molecule has 12 heavy (non-hydrogen) atoms. The molecule has 0 amide bonds. The summed E-state index contributed by atoms with van der Waals surface area (Å²) in [4.78, 5) is 1.30. The summed E-state index contributed by atoms with van der Waals surface area (Å²) < 4.78 is 0. The molecule has 2 heteroatoms. The van der Waals surface area contributed by atoms with Crippen molar-refractivity contribution in [3.8, 4) is 0 Å². The molecule has 1 N–H and O–H groups in total. The number of hydrogen-bond donors (Lipinski definition) is 1. The Balaban J connectivity index is 0.000000336. The summed E-state index contributed by atoms with van der Waals surface area (Å²) in [5, 5.41) is 5.21. The SMILES string of the molecule is C1=CSc2ccccc2N1.CC. The number of nitrogens with one attached hydrogen (secondary N) is 1. The number of rotatable bonds is 0. The van der Waals surface area contributed by atoms with E-state index in [9.17, 15) is 0 Å². The van der Waals surface area contributed by atoms with Crippen molar-refractivity contribution in [2.24, 2.45) is 0 Å². The number of para-hydroxylation sites is 1. The van der Waals surface area contributed by atoms with Crippen LogP contribution in [0.1, 0.15) is 13.8 Å². The Morgan fingerprint density at radius 2 is 1.92 bits per heavy atom. The Labute approximate surface area is 77.9 Å². The fourth-order valence-corrected chi connectivity index (χ4v) is 1.61. The van der Waals surface area contributed by atoms with E-state index in [2.05, 4.69) is 17.4 Å². The van der Waals surface area contributed by atoms with E-state index in [-0.39, 0.29) is 0 Å². The van der Waals surface area contributed by atoms with Gasteiger partial charge in [0.15, 0.2) is 0 Å². The van der Waals surface area contributed by atoms with Crippen LogP contribution in [0.15, 0.2) is 40.8 Å². The highest BCUT2D eigenvalue weighted by Crippen LogP contribution is 2.30. The topological polar surface area (TPSA) is 12.0 Å². The molecule has 0 radical (unpaired) electrons. The molecule has 0 bridgehead atoms. The minimum atomic E-state index is 1.20. The van der Waals surface area contributed by atoms with Crippen molar-refractivity contribution in [1.82, 2.24) is 0 Å². The van der Waals surface area contributed by atoms with Gasteiger partial charge < -0.3 is 5.32 Å². The molecule has 0 aliphatic carbocycles. The lowest BCUT2D eigenvalue weighted by molar-refractivity contribution is 1.41. The number of thioether (sulfide) groups is 1. The second-order valence-corrected chi connectivity index (χ2v) is 3.01. The molecule has 1 aromatic carbocycles. The van der Waals surface area contributed by atoms with Crippen molar-refractivity contribution < 1.29 is 0 Å². The molecule has 0 aromatic heterocycles. The molecule has 1 nitrogen and oxygen atoms in total. The van der Waals surface area contributed by atoms with Crippen LogP contribution < -0.4 is 5.32 Å². The molecule has 64 valence electrons. The highest BCUT2D eigenvalue weighted by Gasteiger charge is 2.00. The predicted molar refractivity (Wildman–Crippen MR) is 56.4 cm³/mol. The van der Waals surface area contributed by atoms with Gasteiger partial charge in [0.25, 0.3) is 0 Å². The van der Waals surface area contributed by atoms with Crippen LogP contribution in [-0.4, -0.2) is 0 Å². The quantitative estimate of drug-likeness (QED) is 0.651. The van der Waals surface area contributed by atoms with Crippen molar-refractivity contribution >= 4 is 17.4 Å². The maximum absolute atomic E-state index is 3.16. The predicted octanol–water partition coefficient (Wildman–Crippen LogP) is 3.70. The average Bonchev–Trinajstić information content (AvgIpc) is 2.21. The molecule has 0 saturated heterocycles. The van der Waals surface area contributed by atoms with E-state index >= 15 is 0 Å². The second-order valence-electron chi connectivity index (χ2n) is 2.06. The van der Waals surface area contributed by atoms with Crippen molar-refractivity contribution in [3.63, 3.8) is 0 Å². The maximum Gasteiger partial charge on any atom is 0.0521 e. The van der Waals surface area contributed by atoms with E-state index in [1.165, 1.54) is 10.6 Å². The lowest BCUT2D eigenvalue weighted by Gasteiger charge is -2.10. The third-order valence-corrected chi connectivity index (χ3v) is 2.27. The molecule has 0 fully saturated rings. The zero-order valence-electron chi connectivity index (χ0n) is 7.37. The molecule has 1 aliphatic heterocycles. The van der Waals surface area contributed by atoms with Gasteiger partial charge in [-0.15, -0.1) is 0 Å². The van der Waals surface area contributed by atoms with E-state index in [0.29, 0.717) is 0 Å². The van der Waals surface area contributed by atoms with E-state index in [4.69, 9.17) is 0 Å². The standard InChI is InChI=1S/C8H7NS.C2H6/c1-2-4-8-7(3-1)9-5-6-10-8;1-2/h1-6,9H;1-2H3. The number of benzene rings is 1. The highest BCUT2D eigenvalue weighted by atomic mass is 32.2. The van der Waals surface area contributed by atoms with Gasteiger partial charge in [0.05, 0.1) is 5.69 Å². The first-order valence-corrected chi connectivity index (χ1v) is 5.02. The molecule has 0 atom stereocenters. The summed E-state index contributed by atoms with van der Waals surface area (Å²) in [7, 11) is 0. The first-order valence-electron chi connectivity index (χ1n) is 4.14. The fourth-order valence-electron chi connectivity index (χ4n) is 0.920. The van der Waals surface area contributed by atoms with Crippen molar-refractivity contribution in [3.05, 3.63) is 35.9 Å². The van der Waals surface area contributed by atoms with Crippen molar-refractivity contribution in [1.29, 1.82) is 0 Å². The van der Waals surface area contributed by atoms with E-state index in [1.54, 1.807) is 11.8 Å². The van der Waals surface area contributed by atoms with Crippen molar-refractivity contribution in [2.45, 2.75) is 18.7 Å². The molecule has 0 saturated carbocycles. The lowest BCUT2D eigenvalue weighted by Crippen LogP contribution is -1.91. The molecule has 2 rings (SSSR count). The van der Waals surface area contributed by atoms with Crippen LogP contribution in [0, 0.1) is 0 Å². The van der Waals surface area contributed by atoms with Crippen LogP contribution in [0.2, 0.25) is 0 Å². The van der Waals surface area contributed by atoms with E-state index in [0.717, 1.165) is 0 Å². The zero-order valence-corrected chi connectivity index (χ0v) is 8.19. The van der Waals surface area contributed by atoms with Gasteiger partial charge in [0, 0.05) is 11.1 Å². The summed E-state index contributed by atoms with van der Waals surface area (Å²) in [6, 6.07) is 8.26. The second kappa shape index (κ2) is 4.88. The van der Waals surface area contributed by atoms with Gasteiger partial charge >= 0.3 is 0 Å². The molecular weight excluding hydrogens is 166 g/mol. The van der Waals surface area contributed by atoms with Gasteiger partial charge in [-0.2, -0.15) is 0 Å². The highest BCUT2D eigenvalue weighted by molar-refractivity contribution is 8.02. The van der Waals surface area contributed by atoms with Crippen LogP contribution in [-0.2, 0) is 0 Å². The summed E-state index contributed by atoms with van der Waals surface area (Å²) in [5.74, 6) is 0. The number of anilines is 1. The van der Waals surface area contributed by atoms with E-state index < -0.39 is 0 Å². The Morgan fingerprint density at radius 3 is 2.67 bits per heavy atom. The molecule has 1 aliphatic rings. The summed E-state index contributed by atoms with van der Waals surface area (Å²) in [5.41, 5.74) is 1.20. The molecular formula is C10H13NS. The zero-order chi connectivity index (χ0) is 8.81. The van der Waals surface area contributed by atoms with E-state index in [1.807, 2.05) is 37.6 Å². The molecule has 1 heterocycles. The van der Waals surface area contributed by atoms with Crippen molar-refractivity contribution in [2.75, 3.05) is 5.32 Å². The summed E-state index contributed by atoms with van der Waals surface area (Å²) in [6.45, 7) is 4.00. The normalized spacial score (nSPS) is 12.2. The average molecular weight is 179 g/mol. The van der Waals surface area contributed by atoms with Gasteiger partial charge in [0.2, 0.25) is 0 Å². The Hall–Kier alpha value is -0.890. The fraction of sp³-hybridized carbons (Fsp3) is 0.200. The number of fused-ring (bicyclic) bond motifs is 1. The summed E-state index contributed by atoms with van der Waals surface area (Å²) >= 11 is 1.75. The van der Waals surface area contributed by atoms with Crippen LogP contribution in [0.5, 0.6) is 0 Å². The van der Waals surface area contributed by atoms with Crippen LogP contribution in [0.3, 0.4) is 0 Å². The summed E-state index contributed by atoms with van der Waals surface area (Å²) in [6.07, 6.45) is 1.95. The first kappa shape index (κ1) is 9.20. The minimum Gasteiger partial charge on any atom is -0.360 e. The first-order chi connectivity index (χ1) is 5.97. The third-order valence-electron chi connectivity index (χ3n) is 1.39. The van der Waals surface area contributed by atoms with Gasteiger partial charge in [-0.05, 0) is 17.5 Å². The molecule has 1 aromatic rings. The molecule has 0 unspecified atom stereocenters. The van der Waals surface area contributed by atoms with Gasteiger partial charge in [-0.3, -0.25) is 0 Å². The monoisotopic (exact) mass is 179 g/mol. The largest absolute Gasteiger partial charge is 0.360 e. The smallest absolute Gasteiger partial charge is 0.0521 e.